The van der Waals surface area contributed by atoms with Gasteiger partial charge in [-0.1, -0.05) is 38.1 Å². The lowest BCUT2D eigenvalue weighted by atomic mass is 10.0. The maximum absolute atomic E-state index is 13.0. The second-order valence-corrected chi connectivity index (χ2v) is 8.99. The van der Waals surface area contributed by atoms with E-state index >= 15 is 0 Å². The van der Waals surface area contributed by atoms with Crippen molar-refractivity contribution in [2.75, 3.05) is 33.3 Å². The second-order valence-electron chi connectivity index (χ2n) is 8.13. The van der Waals surface area contributed by atoms with Crippen LogP contribution in [0.25, 0.3) is 10.6 Å². The minimum absolute atomic E-state index is 0.0273. The molecule has 1 aromatic heterocycles. The van der Waals surface area contributed by atoms with E-state index in [2.05, 4.69) is 43.1 Å². The molecule has 2 heterocycles. The van der Waals surface area contributed by atoms with Crippen LogP contribution in [0.3, 0.4) is 0 Å². The van der Waals surface area contributed by atoms with Crippen molar-refractivity contribution in [3.05, 3.63) is 70.7 Å². The third-order valence-electron chi connectivity index (χ3n) is 5.74. The Morgan fingerprint density at radius 1 is 0.906 bits per heavy atom. The third-order valence-corrected chi connectivity index (χ3v) is 6.63. The largest absolute Gasteiger partial charge is 0.497 e. The number of nitrogens with zero attached hydrogens (tertiary/aromatic N) is 3. The fourth-order valence-electron chi connectivity index (χ4n) is 3.71. The van der Waals surface area contributed by atoms with Crippen LogP contribution in [0.1, 0.15) is 46.2 Å². The van der Waals surface area contributed by atoms with E-state index in [0.717, 1.165) is 16.3 Å². The van der Waals surface area contributed by atoms with Gasteiger partial charge in [0, 0.05) is 42.7 Å². The molecule has 1 fully saturated rings. The number of hydrogen-bond acceptors (Lipinski definition) is 5. The summed E-state index contributed by atoms with van der Waals surface area (Å²) < 4.78 is 5.15. The molecule has 0 aliphatic carbocycles. The molecule has 32 heavy (non-hydrogen) atoms. The summed E-state index contributed by atoms with van der Waals surface area (Å²) in [5.74, 6) is 1.09. The van der Waals surface area contributed by atoms with E-state index in [4.69, 9.17) is 4.74 Å². The summed E-state index contributed by atoms with van der Waals surface area (Å²) in [6.45, 7) is 6.33. The van der Waals surface area contributed by atoms with Crippen LogP contribution in [0.15, 0.2) is 53.9 Å². The number of aromatic nitrogens is 1. The molecule has 6 nitrogen and oxygen atoms in total. The lowest BCUT2D eigenvalue weighted by Gasteiger charge is -2.34. The molecular formula is C25H27N3O3S. The van der Waals surface area contributed by atoms with Gasteiger partial charge in [0.2, 0.25) is 0 Å². The third kappa shape index (κ3) is 4.67. The van der Waals surface area contributed by atoms with Crippen LogP contribution in [0.5, 0.6) is 5.75 Å². The van der Waals surface area contributed by atoms with Crippen LogP contribution in [0.4, 0.5) is 0 Å². The number of carbonyl (C=O) groups is 2. The predicted molar refractivity (Wildman–Crippen MR) is 126 cm³/mol. The Kier molecular flexibility index (Phi) is 6.55. The van der Waals surface area contributed by atoms with Gasteiger partial charge in [-0.25, -0.2) is 4.98 Å². The Hall–Kier alpha value is -3.19. The quantitative estimate of drug-likeness (QED) is 0.574. The van der Waals surface area contributed by atoms with Crippen molar-refractivity contribution in [1.82, 2.24) is 14.8 Å². The minimum atomic E-state index is -0.0807. The molecule has 1 aliphatic rings. The first-order chi connectivity index (χ1) is 15.5. The summed E-state index contributed by atoms with van der Waals surface area (Å²) in [5.41, 5.74) is 3.39. The van der Waals surface area contributed by atoms with Gasteiger partial charge in [-0.05, 0) is 35.7 Å². The molecule has 166 valence electrons. The molecule has 1 aliphatic heterocycles. The van der Waals surface area contributed by atoms with E-state index in [1.807, 2.05) is 5.38 Å². The Bertz CT molecular complexity index is 1080. The molecular weight excluding hydrogens is 422 g/mol. The SMILES string of the molecule is COc1ccc(C(=O)N2CCN(C(=O)c3csc(-c4ccc(C(C)C)cc4)n3)CC2)cc1. The van der Waals surface area contributed by atoms with Crippen molar-refractivity contribution < 1.29 is 14.3 Å². The summed E-state index contributed by atoms with van der Waals surface area (Å²) >= 11 is 1.48. The van der Waals surface area contributed by atoms with E-state index in [1.54, 1.807) is 41.2 Å². The Morgan fingerprint density at radius 2 is 1.50 bits per heavy atom. The van der Waals surface area contributed by atoms with Gasteiger partial charge < -0.3 is 14.5 Å². The molecule has 0 spiro atoms. The summed E-state index contributed by atoms with van der Waals surface area (Å²) in [5, 5.41) is 2.67. The predicted octanol–water partition coefficient (Wildman–Crippen LogP) is 4.54. The zero-order chi connectivity index (χ0) is 22.7. The maximum atomic E-state index is 13.0. The lowest BCUT2D eigenvalue weighted by molar-refractivity contribution is 0.0533. The monoisotopic (exact) mass is 449 g/mol. The molecule has 4 rings (SSSR count). The number of hydrogen-bond donors (Lipinski definition) is 0. The van der Waals surface area contributed by atoms with Crippen molar-refractivity contribution in [2.45, 2.75) is 19.8 Å². The molecule has 2 aromatic carbocycles. The highest BCUT2D eigenvalue weighted by Crippen LogP contribution is 2.26. The highest BCUT2D eigenvalue weighted by atomic mass is 32.1. The topological polar surface area (TPSA) is 62.7 Å². The number of methoxy groups -OCH3 is 1. The van der Waals surface area contributed by atoms with Gasteiger partial charge in [-0.15, -0.1) is 11.3 Å². The second kappa shape index (κ2) is 9.53. The molecule has 2 amide bonds. The number of carbonyl (C=O) groups excluding carboxylic acids is 2. The summed E-state index contributed by atoms with van der Waals surface area (Å²) in [6, 6.07) is 15.4. The molecule has 7 heteroatoms. The Morgan fingerprint density at radius 3 is 2.06 bits per heavy atom. The van der Waals surface area contributed by atoms with Gasteiger partial charge in [0.15, 0.2) is 0 Å². The molecule has 0 radical (unpaired) electrons. The summed E-state index contributed by atoms with van der Waals surface area (Å²) in [6.07, 6.45) is 0. The molecule has 3 aromatic rings. The van der Waals surface area contributed by atoms with Crippen LogP contribution >= 0.6 is 11.3 Å². The lowest BCUT2D eigenvalue weighted by Crippen LogP contribution is -2.50. The van der Waals surface area contributed by atoms with Crippen LogP contribution in [0.2, 0.25) is 0 Å². The molecule has 0 unspecified atom stereocenters. The summed E-state index contributed by atoms with van der Waals surface area (Å²) in [4.78, 5) is 33.8. The Labute approximate surface area is 192 Å². The number of benzene rings is 2. The average Bonchev–Trinajstić information content (AvgIpc) is 3.34. The molecule has 0 saturated carbocycles. The zero-order valence-electron chi connectivity index (χ0n) is 18.6. The minimum Gasteiger partial charge on any atom is -0.497 e. The molecule has 0 N–H and O–H groups in total. The molecule has 0 bridgehead atoms. The fraction of sp³-hybridized carbons (Fsp3) is 0.320. The van der Waals surface area contributed by atoms with Crippen LogP contribution in [-0.2, 0) is 0 Å². The average molecular weight is 450 g/mol. The first kappa shape index (κ1) is 22.0. The van der Waals surface area contributed by atoms with Crippen molar-refractivity contribution in [3.8, 4) is 16.3 Å². The van der Waals surface area contributed by atoms with Crippen LogP contribution < -0.4 is 4.74 Å². The van der Waals surface area contributed by atoms with Crippen molar-refractivity contribution in [2.24, 2.45) is 0 Å². The van der Waals surface area contributed by atoms with E-state index in [0.29, 0.717) is 43.4 Å². The normalized spacial score (nSPS) is 14.0. The van der Waals surface area contributed by atoms with Crippen molar-refractivity contribution in [1.29, 1.82) is 0 Å². The highest BCUT2D eigenvalue weighted by molar-refractivity contribution is 7.13. The Balaban J connectivity index is 1.36. The molecule has 1 saturated heterocycles. The van der Waals surface area contributed by atoms with E-state index in [9.17, 15) is 9.59 Å². The van der Waals surface area contributed by atoms with E-state index < -0.39 is 0 Å². The van der Waals surface area contributed by atoms with Crippen molar-refractivity contribution >= 4 is 23.2 Å². The smallest absolute Gasteiger partial charge is 0.273 e. The van der Waals surface area contributed by atoms with Gasteiger partial charge in [0.25, 0.3) is 11.8 Å². The first-order valence-electron chi connectivity index (χ1n) is 10.7. The van der Waals surface area contributed by atoms with Gasteiger partial charge in [0.1, 0.15) is 16.5 Å². The fourth-order valence-corrected chi connectivity index (χ4v) is 4.51. The maximum Gasteiger partial charge on any atom is 0.273 e. The van der Waals surface area contributed by atoms with Crippen LogP contribution in [-0.4, -0.2) is 59.9 Å². The van der Waals surface area contributed by atoms with Crippen LogP contribution in [0, 0.1) is 0 Å². The van der Waals surface area contributed by atoms with Crippen molar-refractivity contribution in [3.63, 3.8) is 0 Å². The molecule has 0 atom stereocenters. The number of amides is 2. The van der Waals surface area contributed by atoms with E-state index in [-0.39, 0.29) is 11.8 Å². The summed E-state index contributed by atoms with van der Waals surface area (Å²) in [7, 11) is 1.60. The zero-order valence-corrected chi connectivity index (χ0v) is 19.4. The van der Waals surface area contributed by atoms with Gasteiger partial charge >= 0.3 is 0 Å². The van der Waals surface area contributed by atoms with Gasteiger partial charge in [-0.3, -0.25) is 9.59 Å². The number of ether oxygens (including phenoxy) is 1. The standard InChI is InChI=1S/C25H27N3O3S/c1-17(2)18-4-6-19(7-5-18)23-26-22(16-32-23)25(30)28-14-12-27(13-15-28)24(29)20-8-10-21(31-3)11-9-20/h4-11,16-17H,12-15H2,1-3H3. The van der Waals surface area contributed by atoms with E-state index in [1.165, 1.54) is 16.9 Å². The number of piperazine rings is 1. The number of thiazole rings is 1. The van der Waals surface area contributed by atoms with Gasteiger partial charge in [-0.2, -0.15) is 0 Å². The first-order valence-corrected chi connectivity index (χ1v) is 11.6. The van der Waals surface area contributed by atoms with Gasteiger partial charge in [0.05, 0.1) is 7.11 Å². The highest BCUT2D eigenvalue weighted by Gasteiger charge is 2.26. The number of rotatable bonds is 5.